The van der Waals surface area contributed by atoms with Crippen molar-refractivity contribution in [1.29, 1.82) is 0 Å². The third kappa shape index (κ3) is 4.57. The van der Waals surface area contributed by atoms with Gasteiger partial charge in [0.1, 0.15) is 0 Å². The van der Waals surface area contributed by atoms with Gasteiger partial charge in [0.15, 0.2) is 0 Å². The highest BCUT2D eigenvalue weighted by Gasteiger charge is 2.26. The molecule has 2 rings (SSSR count). The molecule has 1 saturated carbocycles. The fraction of sp³-hybridized carbons (Fsp3) is 0.700. The lowest BCUT2D eigenvalue weighted by atomic mass is 9.74. The van der Waals surface area contributed by atoms with Crippen molar-refractivity contribution in [3.05, 3.63) is 35.4 Å². The van der Waals surface area contributed by atoms with E-state index in [0.717, 1.165) is 11.8 Å². The Morgan fingerprint density at radius 1 is 1.05 bits per heavy atom. The summed E-state index contributed by atoms with van der Waals surface area (Å²) in [6.07, 6.45) is 5.54. The smallest absolute Gasteiger partial charge is 0.00104 e. The topological polar surface area (TPSA) is 12.0 Å². The summed E-state index contributed by atoms with van der Waals surface area (Å²) in [7, 11) is 0. The lowest BCUT2D eigenvalue weighted by Gasteiger charge is -2.33. The fourth-order valence-electron chi connectivity index (χ4n) is 3.51. The summed E-state index contributed by atoms with van der Waals surface area (Å²) in [6.45, 7) is 12.5. The molecule has 2 atom stereocenters. The van der Waals surface area contributed by atoms with Crippen LogP contribution in [0.4, 0.5) is 0 Å². The van der Waals surface area contributed by atoms with Crippen LogP contribution in [0, 0.1) is 5.92 Å². The Kier molecular flexibility index (Phi) is 5.48. The van der Waals surface area contributed by atoms with Crippen LogP contribution in [0.3, 0.4) is 0 Å². The van der Waals surface area contributed by atoms with E-state index in [9.17, 15) is 0 Å². The number of rotatable bonds is 4. The van der Waals surface area contributed by atoms with Gasteiger partial charge in [-0.05, 0) is 47.8 Å². The first-order valence-electron chi connectivity index (χ1n) is 8.72. The SMILES string of the molecule is CC(C)NCC1CCCCC1c1ccc(C(C)(C)C)cc1. The number of hydrogen-bond acceptors (Lipinski definition) is 1. The van der Waals surface area contributed by atoms with Gasteiger partial charge < -0.3 is 5.32 Å². The lowest BCUT2D eigenvalue weighted by molar-refractivity contribution is 0.289. The second-order valence-corrected chi connectivity index (χ2v) is 8.09. The Morgan fingerprint density at radius 3 is 2.24 bits per heavy atom. The van der Waals surface area contributed by atoms with E-state index in [2.05, 4.69) is 64.2 Å². The Labute approximate surface area is 131 Å². The molecule has 0 spiro atoms. The summed E-state index contributed by atoms with van der Waals surface area (Å²) < 4.78 is 0. The molecule has 0 amide bonds. The van der Waals surface area contributed by atoms with Crippen LogP contribution in [0.5, 0.6) is 0 Å². The van der Waals surface area contributed by atoms with Crippen LogP contribution in [0.2, 0.25) is 0 Å². The molecule has 1 heteroatoms. The van der Waals surface area contributed by atoms with Crippen molar-refractivity contribution in [3.63, 3.8) is 0 Å². The average Bonchev–Trinajstić information content (AvgIpc) is 2.44. The van der Waals surface area contributed by atoms with Crippen molar-refractivity contribution in [3.8, 4) is 0 Å². The zero-order valence-corrected chi connectivity index (χ0v) is 14.6. The first-order chi connectivity index (χ1) is 9.88. The molecule has 0 aliphatic heterocycles. The van der Waals surface area contributed by atoms with Gasteiger partial charge in [-0.15, -0.1) is 0 Å². The summed E-state index contributed by atoms with van der Waals surface area (Å²) in [5.41, 5.74) is 3.25. The van der Waals surface area contributed by atoms with E-state index >= 15 is 0 Å². The van der Waals surface area contributed by atoms with E-state index < -0.39 is 0 Å². The standard InChI is InChI=1S/C20H33N/c1-15(2)21-14-17-8-6-7-9-19(17)16-10-12-18(13-11-16)20(3,4)5/h10-13,15,17,19,21H,6-9,14H2,1-5H3. The van der Waals surface area contributed by atoms with E-state index in [1.54, 1.807) is 5.56 Å². The second kappa shape index (κ2) is 6.96. The van der Waals surface area contributed by atoms with E-state index in [0.29, 0.717) is 6.04 Å². The molecule has 0 aromatic heterocycles. The molecule has 1 aliphatic rings. The third-order valence-electron chi connectivity index (χ3n) is 4.90. The van der Waals surface area contributed by atoms with Crippen LogP contribution in [-0.2, 0) is 5.41 Å². The fourth-order valence-corrected chi connectivity index (χ4v) is 3.51. The van der Waals surface area contributed by atoms with Crippen molar-refractivity contribution in [2.45, 2.75) is 77.7 Å². The van der Waals surface area contributed by atoms with Crippen LogP contribution in [0.15, 0.2) is 24.3 Å². The van der Waals surface area contributed by atoms with Crippen molar-refractivity contribution < 1.29 is 0 Å². The molecule has 1 nitrogen and oxygen atoms in total. The number of hydrogen-bond donors (Lipinski definition) is 1. The molecule has 21 heavy (non-hydrogen) atoms. The van der Waals surface area contributed by atoms with Crippen molar-refractivity contribution >= 4 is 0 Å². The van der Waals surface area contributed by atoms with Gasteiger partial charge in [-0.2, -0.15) is 0 Å². The lowest BCUT2D eigenvalue weighted by Crippen LogP contribution is -2.33. The molecular formula is C20H33N. The van der Waals surface area contributed by atoms with E-state index in [1.165, 1.54) is 37.8 Å². The molecule has 118 valence electrons. The zero-order valence-electron chi connectivity index (χ0n) is 14.6. The molecule has 1 aromatic carbocycles. The first-order valence-corrected chi connectivity index (χ1v) is 8.72. The number of nitrogens with one attached hydrogen (secondary N) is 1. The number of benzene rings is 1. The molecule has 1 fully saturated rings. The quantitative estimate of drug-likeness (QED) is 0.797. The maximum Gasteiger partial charge on any atom is 0.00104 e. The molecule has 0 bridgehead atoms. The molecule has 0 saturated heterocycles. The largest absolute Gasteiger partial charge is 0.314 e. The minimum atomic E-state index is 0.254. The monoisotopic (exact) mass is 287 g/mol. The average molecular weight is 287 g/mol. The highest BCUT2D eigenvalue weighted by molar-refractivity contribution is 5.30. The van der Waals surface area contributed by atoms with E-state index in [1.807, 2.05) is 0 Å². The highest BCUT2D eigenvalue weighted by atomic mass is 14.9. The minimum Gasteiger partial charge on any atom is -0.314 e. The molecule has 0 radical (unpaired) electrons. The summed E-state index contributed by atoms with van der Waals surface area (Å²) in [6, 6.07) is 10.1. The van der Waals surface area contributed by atoms with Gasteiger partial charge in [-0.1, -0.05) is 71.7 Å². The maximum absolute atomic E-state index is 3.65. The van der Waals surface area contributed by atoms with Gasteiger partial charge in [0, 0.05) is 6.04 Å². The van der Waals surface area contributed by atoms with Crippen LogP contribution in [-0.4, -0.2) is 12.6 Å². The van der Waals surface area contributed by atoms with E-state index in [-0.39, 0.29) is 5.41 Å². The zero-order chi connectivity index (χ0) is 15.5. The molecule has 1 aromatic rings. The maximum atomic E-state index is 3.65. The third-order valence-corrected chi connectivity index (χ3v) is 4.90. The van der Waals surface area contributed by atoms with Gasteiger partial charge >= 0.3 is 0 Å². The first kappa shape index (κ1) is 16.5. The predicted molar refractivity (Wildman–Crippen MR) is 93.0 cm³/mol. The molecule has 1 aliphatic carbocycles. The summed E-state index contributed by atoms with van der Waals surface area (Å²) in [4.78, 5) is 0. The summed E-state index contributed by atoms with van der Waals surface area (Å²) in [5.74, 6) is 1.56. The summed E-state index contributed by atoms with van der Waals surface area (Å²) in [5, 5.41) is 3.65. The molecule has 1 N–H and O–H groups in total. The molecule has 2 unspecified atom stereocenters. The van der Waals surface area contributed by atoms with Gasteiger partial charge in [0.25, 0.3) is 0 Å². The Morgan fingerprint density at radius 2 is 1.67 bits per heavy atom. The van der Waals surface area contributed by atoms with Crippen LogP contribution in [0.25, 0.3) is 0 Å². The van der Waals surface area contributed by atoms with Crippen LogP contribution in [0.1, 0.15) is 77.3 Å². The Balaban J connectivity index is 2.10. The van der Waals surface area contributed by atoms with Crippen molar-refractivity contribution in [2.75, 3.05) is 6.54 Å². The van der Waals surface area contributed by atoms with Gasteiger partial charge in [0.2, 0.25) is 0 Å². The predicted octanol–water partition coefficient (Wildman–Crippen LogP) is 5.26. The highest BCUT2D eigenvalue weighted by Crippen LogP contribution is 2.38. The Hall–Kier alpha value is -0.820. The van der Waals surface area contributed by atoms with Crippen LogP contribution < -0.4 is 5.32 Å². The van der Waals surface area contributed by atoms with Gasteiger partial charge in [-0.3, -0.25) is 0 Å². The Bertz CT molecular complexity index is 424. The second-order valence-electron chi connectivity index (χ2n) is 8.09. The van der Waals surface area contributed by atoms with Gasteiger partial charge in [-0.25, -0.2) is 0 Å². The van der Waals surface area contributed by atoms with Crippen molar-refractivity contribution in [2.24, 2.45) is 5.92 Å². The molecule has 0 heterocycles. The minimum absolute atomic E-state index is 0.254. The van der Waals surface area contributed by atoms with E-state index in [4.69, 9.17) is 0 Å². The normalized spacial score (nSPS) is 23.5. The van der Waals surface area contributed by atoms with Gasteiger partial charge in [0.05, 0.1) is 0 Å². The van der Waals surface area contributed by atoms with Crippen LogP contribution >= 0.6 is 0 Å². The van der Waals surface area contributed by atoms with Crippen molar-refractivity contribution in [1.82, 2.24) is 5.32 Å². The molecular weight excluding hydrogens is 254 g/mol. The summed E-state index contributed by atoms with van der Waals surface area (Å²) >= 11 is 0.